The van der Waals surface area contributed by atoms with Crippen LogP contribution in [0.4, 0.5) is 0 Å². The Hall–Kier alpha value is -0.520. The van der Waals surface area contributed by atoms with Crippen molar-refractivity contribution in [1.29, 1.82) is 0 Å². The molecule has 1 N–H and O–H groups in total. The predicted molar refractivity (Wildman–Crippen MR) is 56.6 cm³/mol. The average Bonchev–Trinajstić information content (AvgIpc) is 2.14. The molecule has 13 heavy (non-hydrogen) atoms. The van der Waals surface area contributed by atoms with Crippen molar-refractivity contribution in [2.24, 2.45) is 0 Å². The normalized spacial score (nSPS) is 14.9. The molecule has 0 aromatic heterocycles. The molecule has 2 atom stereocenters. The molecule has 0 rings (SSSR count). The molecule has 0 heterocycles. The van der Waals surface area contributed by atoms with Crippen LogP contribution in [0, 0.1) is 12.3 Å². The molecule has 0 spiro atoms. The number of nitrogens with one attached hydrogen (secondary N) is 1. The SMILES string of the molecule is C#CCC(CCC(C)OC)NCC. The quantitative estimate of drug-likeness (QED) is 0.608. The maximum atomic E-state index is 5.28. The molecule has 2 nitrogen and oxygen atoms in total. The van der Waals surface area contributed by atoms with E-state index in [9.17, 15) is 0 Å². The van der Waals surface area contributed by atoms with E-state index in [0.717, 1.165) is 25.8 Å². The van der Waals surface area contributed by atoms with Gasteiger partial charge in [-0.25, -0.2) is 0 Å². The van der Waals surface area contributed by atoms with Gasteiger partial charge in [0.25, 0.3) is 0 Å². The first-order valence-electron chi connectivity index (χ1n) is 4.94. The van der Waals surface area contributed by atoms with Crippen LogP contribution in [-0.4, -0.2) is 25.8 Å². The standard InChI is InChI=1S/C11H21NO/c1-5-7-11(12-6-2)9-8-10(3)13-4/h1,10-12H,6-9H2,2-4H3. The molecule has 2 heteroatoms. The van der Waals surface area contributed by atoms with E-state index in [-0.39, 0.29) is 0 Å². The summed E-state index contributed by atoms with van der Waals surface area (Å²) in [6.45, 7) is 5.16. The van der Waals surface area contributed by atoms with Gasteiger partial charge in [-0.1, -0.05) is 6.92 Å². The first-order valence-corrected chi connectivity index (χ1v) is 4.94. The minimum Gasteiger partial charge on any atom is -0.382 e. The molecule has 0 radical (unpaired) electrons. The van der Waals surface area contributed by atoms with Crippen LogP contribution in [0.1, 0.15) is 33.1 Å². The minimum atomic E-state index is 0.332. The van der Waals surface area contributed by atoms with E-state index in [1.165, 1.54) is 0 Å². The van der Waals surface area contributed by atoms with Gasteiger partial charge >= 0.3 is 0 Å². The topological polar surface area (TPSA) is 21.3 Å². The van der Waals surface area contributed by atoms with Crippen LogP contribution in [0.5, 0.6) is 0 Å². The van der Waals surface area contributed by atoms with Gasteiger partial charge in [-0.2, -0.15) is 0 Å². The van der Waals surface area contributed by atoms with Crippen molar-refractivity contribution in [3.05, 3.63) is 0 Å². The summed E-state index contributed by atoms with van der Waals surface area (Å²) in [5.41, 5.74) is 0. The van der Waals surface area contributed by atoms with E-state index in [0.29, 0.717) is 12.1 Å². The maximum absolute atomic E-state index is 5.28. The third kappa shape index (κ3) is 6.62. The highest BCUT2D eigenvalue weighted by Gasteiger charge is 2.07. The number of hydrogen-bond acceptors (Lipinski definition) is 2. The molecule has 0 aliphatic heterocycles. The summed E-state index contributed by atoms with van der Waals surface area (Å²) in [4.78, 5) is 0. The van der Waals surface area contributed by atoms with Crippen molar-refractivity contribution in [3.63, 3.8) is 0 Å². The molecule has 0 aromatic carbocycles. The Balaban J connectivity index is 3.62. The molecule has 0 saturated carbocycles. The summed E-state index contributed by atoms with van der Waals surface area (Å²) in [6, 6.07) is 0.451. The van der Waals surface area contributed by atoms with Crippen molar-refractivity contribution in [3.8, 4) is 12.3 Å². The molecular weight excluding hydrogens is 162 g/mol. The highest BCUT2D eigenvalue weighted by molar-refractivity contribution is 4.89. The summed E-state index contributed by atoms with van der Waals surface area (Å²) in [5.74, 6) is 2.69. The fourth-order valence-electron chi connectivity index (χ4n) is 1.26. The van der Waals surface area contributed by atoms with Gasteiger partial charge in [0.2, 0.25) is 0 Å². The lowest BCUT2D eigenvalue weighted by atomic mass is 10.1. The molecule has 2 unspecified atom stereocenters. The molecule has 0 bridgehead atoms. The van der Waals surface area contributed by atoms with Gasteiger partial charge < -0.3 is 10.1 Å². The fourth-order valence-corrected chi connectivity index (χ4v) is 1.26. The van der Waals surface area contributed by atoms with Gasteiger partial charge in [-0.3, -0.25) is 0 Å². The summed E-state index contributed by atoms with van der Waals surface area (Å²) in [6.07, 6.45) is 8.58. The van der Waals surface area contributed by atoms with Crippen molar-refractivity contribution < 1.29 is 4.74 Å². The van der Waals surface area contributed by atoms with Crippen LogP contribution in [0.25, 0.3) is 0 Å². The highest BCUT2D eigenvalue weighted by atomic mass is 16.5. The number of hydrogen-bond donors (Lipinski definition) is 1. The smallest absolute Gasteiger partial charge is 0.0543 e. The number of ether oxygens (including phenoxy) is 1. The van der Waals surface area contributed by atoms with Crippen molar-refractivity contribution >= 4 is 0 Å². The Morgan fingerprint density at radius 2 is 2.15 bits per heavy atom. The van der Waals surface area contributed by atoms with Crippen LogP contribution in [-0.2, 0) is 4.74 Å². The zero-order chi connectivity index (χ0) is 10.1. The Morgan fingerprint density at radius 3 is 2.62 bits per heavy atom. The van der Waals surface area contributed by atoms with E-state index >= 15 is 0 Å². The van der Waals surface area contributed by atoms with Crippen LogP contribution >= 0.6 is 0 Å². The lowest BCUT2D eigenvalue weighted by Crippen LogP contribution is -2.29. The first kappa shape index (κ1) is 12.5. The lowest BCUT2D eigenvalue weighted by Gasteiger charge is -2.17. The molecule has 0 aliphatic carbocycles. The number of terminal acetylenes is 1. The van der Waals surface area contributed by atoms with Crippen LogP contribution in [0.2, 0.25) is 0 Å². The fraction of sp³-hybridized carbons (Fsp3) is 0.818. The van der Waals surface area contributed by atoms with Gasteiger partial charge in [0.15, 0.2) is 0 Å². The molecule has 0 amide bonds. The molecule has 0 aliphatic rings. The second-order valence-corrected chi connectivity index (χ2v) is 3.29. The van der Waals surface area contributed by atoms with Gasteiger partial charge in [0.1, 0.15) is 0 Å². The van der Waals surface area contributed by atoms with E-state index in [1.807, 2.05) is 0 Å². The van der Waals surface area contributed by atoms with E-state index < -0.39 is 0 Å². The zero-order valence-electron chi connectivity index (χ0n) is 8.97. The summed E-state index contributed by atoms with van der Waals surface area (Å²) < 4.78 is 5.18. The number of rotatable bonds is 7. The third-order valence-corrected chi connectivity index (χ3v) is 2.18. The molecule has 76 valence electrons. The maximum Gasteiger partial charge on any atom is 0.0543 e. The summed E-state index contributed by atoms with van der Waals surface area (Å²) in [7, 11) is 1.74. The van der Waals surface area contributed by atoms with Crippen LogP contribution < -0.4 is 5.32 Å². The Kier molecular flexibility index (Phi) is 7.77. The zero-order valence-corrected chi connectivity index (χ0v) is 8.97. The van der Waals surface area contributed by atoms with Crippen LogP contribution in [0.3, 0.4) is 0 Å². The van der Waals surface area contributed by atoms with Crippen molar-refractivity contribution in [1.82, 2.24) is 5.32 Å². The largest absolute Gasteiger partial charge is 0.382 e. The minimum absolute atomic E-state index is 0.332. The molecule has 0 aromatic rings. The molecular formula is C11H21NO. The second kappa shape index (κ2) is 8.10. The van der Waals surface area contributed by atoms with E-state index in [1.54, 1.807) is 7.11 Å². The monoisotopic (exact) mass is 183 g/mol. The van der Waals surface area contributed by atoms with Crippen molar-refractivity contribution in [2.45, 2.75) is 45.3 Å². The average molecular weight is 183 g/mol. The Morgan fingerprint density at radius 1 is 1.46 bits per heavy atom. The van der Waals surface area contributed by atoms with Crippen molar-refractivity contribution in [2.75, 3.05) is 13.7 Å². The van der Waals surface area contributed by atoms with Crippen LogP contribution in [0.15, 0.2) is 0 Å². The Labute approximate surface area is 82.1 Å². The van der Waals surface area contributed by atoms with Gasteiger partial charge in [-0.05, 0) is 26.3 Å². The lowest BCUT2D eigenvalue weighted by molar-refractivity contribution is 0.106. The van der Waals surface area contributed by atoms with E-state index in [2.05, 4.69) is 25.1 Å². The highest BCUT2D eigenvalue weighted by Crippen LogP contribution is 2.06. The van der Waals surface area contributed by atoms with Gasteiger partial charge in [-0.15, -0.1) is 12.3 Å². The molecule has 0 saturated heterocycles. The third-order valence-electron chi connectivity index (χ3n) is 2.18. The first-order chi connectivity index (χ1) is 6.24. The van der Waals surface area contributed by atoms with Gasteiger partial charge in [0, 0.05) is 19.6 Å². The second-order valence-electron chi connectivity index (χ2n) is 3.29. The summed E-state index contributed by atoms with van der Waals surface area (Å²) >= 11 is 0. The number of methoxy groups -OCH3 is 1. The predicted octanol–water partition coefficient (Wildman–Crippen LogP) is 1.80. The molecule has 0 fully saturated rings. The van der Waals surface area contributed by atoms with Gasteiger partial charge in [0.05, 0.1) is 6.10 Å². The summed E-state index contributed by atoms with van der Waals surface area (Å²) in [5, 5.41) is 3.36. The van der Waals surface area contributed by atoms with E-state index in [4.69, 9.17) is 11.2 Å². The Bertz CT molecular complexity index is 151.